The largest absolute Gasteiger partial charge is 0.306 e. The first-order valence-corrected chi connectivity index (χ1v) is 8.98. The molecule has 4 aromatic rings. The third-order valence-electron chi connectivity index (χ3n) is 5.09. The van der Waals surface area contributed by atoms with Gasteiger partial charge in [0.15, 0.2) is 17.0 Å². The van der Waals surface area contributed by atoms with Gasteiger partial charge in [0, 0.05) is 31.1 Å². The van der Waals surface area contributed by atoms with E-state index in [0.717, 1.165) is 37.2 Å². The molecule has 1 saturated heterocycles. The number of fused-ring (bicyclic) bond motifs is 1. The molecule has 138 valence electrons. The lowest BCUT2D eigenvalue weighted by atomic mass is 10.1. The predicted molar refractivity (Wildman–Crippen MR) is 98.2 cm³/mol. The number of hydrogen-bond donors (Lipinski definition) is 0. The van der Waals surface area contributed by atoms with Gasteiger partial charge in [-0.1, -0.05) is 5.21 Å². The zero-order valence-electron chi connectivity index (χ0n) is 15.3. The summed E-state index contributed by atoms with van der Waals surface area (Å²) in [6.45, 7) is 2.19. The first kappa shape index (κ1) is 16.1. The molecule has 0 aromatic carbocycles. The molecule has 0 bridgehead atoms. The summed E-state index contributed by atoms with van der Waals surface area (Å²) in [7, 11) is 4.02. The molecule has 5 rings (SSSR count). The minimum Gasteiger partial charge on any atom is -0.306 e. The molecule has 0 amide bonds. The van der Waals surface area contributed by atoms with Gasteiger partial charge in [0.05, 0.1) is 12.2 Å². The fourth-order valence-corrected chi connectivity index (χ4v) is 3.55. The van der Waals surface area contributed by atoms with Crippen molar-refractivity contribution < 1.29 is 0 Å². The first-order valence-electron chi connectivity index (χ1n) is 8.98. The van der Waals surface area contributed by atoms with Crippen LogP contribution in [0.25, 0.3) is 28.2 Å². The maximum Gasteiger partial charge on any atom is 0.189 e. The number of aryl methyl sites for hydroxylation is 1. The van der Waals surface area contributed by atoms with Crippen LogP contribution in [-0.2, 0) is 7.05 Å². The summed E-state index contributed by atoms with van der Waals surface area (Å²) in [6, 6.07) is 2.30. The highest BCUT2D eigenvalue weighted by atomic mass is 15.5. The van der Waals surface area contributed by atoms with E-state index in [-0.39, 0.29) is 0 Å². The van der Waals surface area contributed by atoms with Crippen LogP contribution in [-0.4, -0.2) is 69.6 Å². The van der Waals surface area contributed by atoms with Crippen LogP contribution in [0.15, 0.2) is 31.0 Å². The lowest BCUT2D eigenvalue weighted by Crippen LogP contribution is -2.31. The van der Waals surface area contributed by atoms with Crippen LogP contribution >= 0.6 is 0 Å². The second-order valence-electron chi connectivity index (χ2n) is 6.99. The van der Waals surface area contributed by atoms with E-state index in [9.17, 15) is 0 Å². The van der Waals surface area contributed by atoms with E-state index in [4.69, 9.17) is 0 Å². The van der Waals surface area contributed by atoms with E-state index in [2.05, 4.69) is 53.3 Å². The van der Waals surface area contributed by atoms with Crippen molar-refractivity contribution in [3.05, 3.63) is 31.0 Å². The fraction of sp³-hybridized carbons (Fsp3) is 0.412. The molecule has 0 aliphatic carbocycles. The summed E-state index contributed by atoms with van der Waals surface area (Å²) in [6.07, 6.45) is 9.50. The molecular weight excluding hydrogens is 344 g/mol. The smallest absolute Gasteiger partial charge is 0.189 e. The predicted octanol–water partition coefficient (Wildman–Crippen LogP) is 1.07. The summed E-state index contributed by atoms with van der Waals surface area (Å²) in [4.78, 5) is 11.2. The monoisotopic (exact) mass is 364 g/mol. The Labute approximate surface area is 155 Å². The van der Waals surface area contributed by atoms with E-state index in [1.165, 1.54) is 6.33 Å². The number of likely N-dealkylation sites (tertiary alicyclic amines) is 1. The van der Waals surface area contributed by atoms with Gasteiger partial charge in [-0.15, -0.1) is 5.10 Å². The normalized spacial score (nSPS) is 16.4. The Morgan fingerprint density at radius 1 is 1.11 bits per heavy atom. The Hall–Kier alpha value is -3.14. The lowest BCUT2D eigenvalue weighted by Gasteiger charge is -2.28. The molecule has 1 aliphatic rings. The standard InChI is InChI=1S/C17H20N10/c1-24-6-3-13(4-7-24)26-10-12(9-20-26)15-16-17(19-11-18-15)27(23-21-16)14-5-8-25(2)22-14/h5,8-11,13H,3-4,6-7H2,1-2H3. The molecule has 0 saturated carbocycles. The molecule has 0 unspecified atom stereocenters. The Bertz CT molecular complexity index is 1080. The van der Waals surface area contributed by atoms with Gasteiger partial charge in [-0.05, 0) is 33.0 Å². The van der Waals surface area contributed by atoms with E-state index in [1.54, 1.807) is 9.36 Å². The van der Waals surface area contributed by atoms with Crippen LogP contribution in [0.4, 0.5) is 0 Å². The zero-order valence-corrected chi connectivity index (χ0v) is 15.3. The van der Waals surface area contributed by atoms with Crippen molar-refractivity contribution in [3.8, 4) is 17.1 Å². The molecule has 1 aliphatic heterocycles. The number of hydrogen-bond acceptors (Lipinski definition) is 7. The third kappa shape index (κ3) is 2.78. The molecule has 1 fully saturated rings. The maximum atomic E-state index is 4.58. The number of aromatic nitrogens is 9. The second-order valence-corrected chi connectivity index (χ2v) is 6.99. The Kier molecular flexibility index (Phi) is 3.71. The minimum absolute atomic E-state index is 0.427. The molecule has 4 aromatic heterocycles. The molecule has 0 spiro atoms. The van der Waals surface area contributed by atoms with Crippen molar-refractivity contribution in [2.45, 2.75) is 18.9 Å². The molecule has 10 heteroatoms. The topological polar surface area (TPSA) is 95.4 Å². The molecule has 0 radical (unpaired) electrons. The third-order valence-corrected chi connectivity index (χ3v) is 5.09. The Morgan fingerprint density at radius 2 is 1.96 bits per heavy atom. The number of nitrogens with zero attached hydrogens (tertiary/aromatic N) is 10. The van der Waals surface area contributed by atoms with Gasteiger partial charge < -0.3 is 4.90 Å². The van der Waals surface area contributed by atoms with Crippen LogP contribution in [0.2, 0.25) is 0 Å². The van der Waals surface area contributed by atoms with E-state index in [1.807, 2.05) is 25.5 Å². The van der Waals surface area contributed by atoms with Crippen molar-refractivity contribution in [1.82, 2.24) is 49.4 Å². The highest BCUT2D eigenvalue weighted by Crippen LogP contribution is 2.27. The van der Waals surface area contributed by atoms with Gasteiger partial charge in [-0.3, -0.25) is 9.36 Å². The van der Waals surface area contributed by atoms with Crippen LogP contribution < -0.4 is 0 Å². The van der Waals surface area contributed by atoms with Gasteiger partial charge in [0.1, 0.15) is 12.0 Å². The molecule has 0 N–H and O–H groups in total. The van der Waals surface area contributed by atoms with Crippen molar-refractivity contribution in [3.63, 3.8) is 0 Å². The van der Waals surface area contributed by atoms with E-state index >= 15 is 0 Å². The van der Waals surface area contributed by atoms with Crippen LogP contribution in [0.3, 0.4) is 0 Å². The average molecular weight is 364 g/mol. The van der Waals surface area contributed by atoms with Crippen LogP contribution in [0.5, 0.6) is 0 Å². The molecule has 5 heterocycles. The quantitative estimate of drug-likeness (QED) is 0.537. The van der Waals surface area contributed by atoms with Crippen molar-refractivity contribution in [1.29, 1.82) is 0 Å². The molecular formula is C17H20N10. The van der Waals surface area contributed by atoms with Gasteiger partial charge in [-0.2, -0.15) is 14.9 Å². The maximum absolute atomic E-state index is 4.58. The Balaban J connectivity index is 1.52. The van der Waals surface area contributed by atoms with Gasteiger partial charge in [-0.25, -0.2) is 9.97 Å². The highest BCUT2D eigenvalue weighted by Gasteiger charge is 2.21. The van der Waals surface area contributed by atoms with Gasteiger partial charge in [0.25, 0.3) is 0 Å². The fourth-order valence-electron chi connectivity index (χ4n) is 3.55. The second kappa shape index (κ2) is 6.23. The number of rotatable bonds is 3. The molecule has 10 nitrogen and oxygen atoms in total. The summed E-state index contributed by atoms with van der Waals surface area (Å²) >= 11 is 0. The van der Waals surface area contributed by atoms with Gasteiger partial charge >= 0.3 is 0 Å². The lowest BCUT2D eigenvalue weighted by molar-refractivity contribution is 0.212. The summed E-state index contributed by atoms with van der Waals surface area (Å²) in [5.41, 5.74) is 2.94. The van der Waals surface area contributed by atoms with Gasteiger partial charge in [0.2, 0.25) is 0 Å². The summed E-state index contributed by atoms with van der Waals surface area (Å²) < 4.78 is 5.40. The number of piperidine rings is 1. The zero-order chi connectivity index (χ0) is 18.4. The SMILES string of the molecule is CN1CCC(n2cc(-c3ncnc4c3nnn4-c3ccn(C)n3)cn2)CC1. The van der Waals surface area contributed by atoms with E-state index in [0.29, 0.717) is 23.0 Å². The van der Waals surface area contributed by atoms with Crippen molar-refractivity contribution in [2.75, 3.05) is 20.1 Å². The van der Waals surface area contributed by atoms with Crippen molar-refractivity contribution in [2.24, 2.45) is 7.05 Å². The first-order chi connectivity index (χ1) is 13.2. The highest BCUT2D eigenvalue weighted by molar-refractivity contribution is 5.86. The molecule has 0 atom stereocenters. The molecule has 27 heavy (non-hydrogen) atoms. The minimum atomic E-state index is 0.427. The average Bonchev–Trinajstić information content (AvgIpc) is 3.40. The summed E-state index contributed by atoms with van der Waals surface area (Å²) in [5.74, 6) is 0.673. The van der Waals surface area contributed by atoms with Crippen molar-refractivity contribution >= 4 is 11.2 Å². The van der Waals surface area contributed by atoms with Crippen LogP contribution in [0.1, 0.15) is 18.9 Å². The van der Waals surface area contributed by atoms with Crippen LogP contribution in [0, 0.1) is 0 Å². The van der Waals surface area contributed by atoms with E-state index < -0.39 is 0 Å². The Morgan fingerprint density at radius 3 is 2.74 bits per heavy atom. The summed E-state index contributed by atoms with van der Waals surface area (Å²) in [5, 5.41) is 17.5.